The van der Waals surface area contributed by atoms with Crippen molar-refractivity contribution >= 4 is 8.80 Å². The Morgan fingerprint density at radius 3 is 2.00 bits per heavy atom. The number of rotatable bonds is 4. The number of methoxy groups -OCH3 is 2. The van der Waals surface area contributed by atoms with Crippen LogP contribution in [0.3, 0.4) is 0 Å². The van der Waals surface area contributed by atoms with E-state index < -0.39 is 8.80 Å². The SMILES string of the molecule is COC(OC)[SiH](C)CN. The van der Waals surface area contributed by atoms with Crippen LogP contribution < -0.4 is 5.73 Å². The van der Waals surface area contributed by atoms with E-state index in [-0.39, 0.29) is 5.91 Å². The minimum atomic E-state index is -0.963. The Hall–Kier alpha value is 0.0969. The first-order valence-electron chi connectivity index (χ1n) is 3.02. The zero-order valence-corrected chi connectivity index (χ0v) is 7.41. The van der Waals surface area contributed by atoms with Crippen LogP contribution in [0.2, 0.25) is 6.55 Å². The molecule has 3 nitrogen and oxygen atoms in total. The lowest BCUT2D eigenvalue weighted by Crippen LogP contribution is -2.38. The summed E-state index contributed by atoms with van der Waals surface area (Å²) in [6.45, 7) is 2.12. The van der Waals surface area contributed by atoms with E-state index in [1.165, 1.54) is 0 Å². The monoisotopic (exact) mass is 149 g/mol. The standard InChI is InChI=1S/C5H15NO2Si/c1-7-5(8-2)9(3)4-6/h5,9H,4,6H2,1-3H3. The molecule has 0 aliphatic carbocycles. The fraction of sp³-hybridized carbons (Fsp3) is 1.00. The summed E-state index contributed by atoms with van der Waals surface area (Å²) in [5.41, 5.74) is 5.43. The van der Waals surface area contributed by atoms with Crippen molar-refractivity contribution in [1.82, 2.24) is 0 Å². The highest BCUT2D eigenvalue weighted by atomic mass is 28.3. The predicted molar refractivity (Wildman–Crippen MR) is 39.9 cm³/mol. The van der Waals surface area contributed by atoms with Crippen LogP contribution in [0.5, 0.6) is 0 Å². The lowest BCUT2D eigenvalue weighted by molar-refractivity contribution is -0.0468. The molecule has 0 saturated heterocycles. The molecule has 0 heterocycles. The molecule has 4 heteroatoms. The maximum absolute atomic E-state index is 5.43. The Morgan fingerprint density at radius 2 is 1.89 bits per heavy atom. The van der Waals surface area contributed by atoms with Crippen LogP contribution in [0.25, 0.3) is 0 Å². The molecule has 0 radical (unpaired) electrons. The second-order valence-electron chi connectivity index (χ2n) is 2.05. The number of hydrogen-bond donors (Lipinski definition) is 1. The van der Waals surface area contributed by atoms with Crippen LogP contribution in [0.15, 0.2) is 0 Å². The van der Waals surface area contributed by atoms with Gasteiger partial charge >= 0.3 is 0 Å². The molecule has 0 aliphatic heterocycles. The quantitative estimate of drug-likeness (QED) is 0.433. The predicted octanol–water partition coefficient (Wildman–Crippen LogP) is -0.501. The average molecular weight is 149 g/mol. The summed E-state index contributed by atoms with van der Waals surface area (Å²) in [6, 6.07) is 0. The molecule has 0 fully saturated rings. The van der Waals surface area contributed by atoms with Crippen LogP contribution >= 0.6 is 0 Å². The Bertz CT molecular complexity index is 68.0. The summed E-state index contributed by atoms with van der Waals surface area (Å²) < 4.78 is 10.0. The van der Waals surface area contributed by atoms with Crippen molar-refractivity contribution in [3.63, 3.8) is 0 Å². The van der Waals surface area contributed by atoms with Crippen molar-refractivity contribution in [2.75, 3.05) is 20.4 Å². The normalized spacial score (nSPS) is 14.3. The third kappa shape index (κ3) is 2.95. The van der Waals surface area contributed by atoms with Gasteiger partial charge in [-0.1, -0.05) is 6.55 Å². The summed E-state index contributed by atoms with van der Waals surface area (Å²) in [5, 5.41) is 0. The van der Waals surface area contributed by atoms with Crippen LogP contribution in [-0.4, -0.2) is 35.1 Å². The molecule has 1 unspecified atom stereocenters. The largest absolute Gasteiger partial charge is 0.360 e. The highest BCUT2D eigenvalue weighted by molar-refractivity contribution is 6.58. The smallest absolute Gasteiger partial charge is 0.138 e. The highest BCUT2D eigenvalue weighted by Crippen LogP contribution is 1.94. The molecule has 1 atom stereocenters. The zero-order chi connectivity index (χ0) is 7.28. The Kier molecular flexibility index (Phi) is 4.98. The molecular formula is C5H15NO2Si. The first-order valence-corrected chi connectivity index (χ1v) is 5.65. The molecule has 0 bridgehead atoms. The van der Waals surface area contributed by atoms with Gasteiger partial charge in [-0.25, -0.2) is 0 Å². The summed E-state index contributed by atoms with van der Waals surface area (Å²) >= 11 is 0. The third-order valence-electron chi connectivity index (χ3n) is 1.30. The highest BCUT2D eigenvalue weighted by Gasteiger charge is 2.14. The van der Waals surface area contributed by atoms with Crippen molar-refractivity contribution in [3.8, 4) is 0 Å². The molecule has 0 rings (SSSR count). The van der Waals surface area contributed by atoms with E-state index in [2.05, 4.69) is 6.55 Å². The van der Waals surface area contributed by atoms with Gasteiger partial charge in [0.05, 0.1) is 0 Å². The first-order chi connectivity index (χ1) is 4.26. The third-order valence-corrected chi connectivity index (χ3v) is 3.52. The van der Waals surface area contributed by atoms with Gasteiger partial charge in [-0.3, -0.25) is 0 Å². The average Bonchev–Trinajstić information content (AvgIpc) is 1.90. The number of ether oxygens (including phenoxy) is 2. The molecule has 0 aromatic rings. The second-order valence-corrected chi connectivity index (χ2v) is 5.02. The van der Waals surface area contributed by atoms with Crippen molar-refractivity contribution in [1.29, 1.82) is 0 Å². The molecule has 2 N–H and O–H groups in total. The second kappa shape index (κ2) is 4.93. The van der Waals surface area contributed by atoms with E-state index in [9.17, 15) is 0 Å². The fourth-order valence-corrected chi connectivity index (χ4v) is 1.82. The fourth-order valence-electron chi connectivity index (χ4n) is 0.672. The van der Waals surface area contributed by atoms with Crippen molar-refractivity contribution in [2.24, 2.45) is 5.73 Å². The Morgan fingerprint density at radius 1 is 1.44 bits per heavy atom. The molecule has 9 heavy (non-hydrogen) atoms. The lowest BCUT2D eigenvalue weighted by Gasteiger charge is -2.17. The van der Waals surface area contributed by atoms with Crippen molar-refractivity contribution in [3.05, 3.63) is 0 Å². The van der Waals surface area contributed by atoms with E-state index in [0.717, 1.165) is 6.17 Å². The van der Waals surface area contributed by atoms with Crippen LogP contribution in [0.1, 0.15) is 0 Å². The summed E-state index contributed by atoms with van der Waals surface area (Å²) in [6.07, 6.45) is 0.729. The van der Waals surface area contributed by atoms with E-state index >= 15 is 0 Å². The molecule has 0 aromatic heterocycles. The summed E-state index contributed by atoms with van der Waals surface area (Å²) in [4.78, 5) is 0. The Labute approximate surface area is 57.7 Å². The van der Waals surface area contributed by atoms with E-state index in [1.807, 2.05) is 0 Å². The van der Waals surface area contributed by atoms with Crippen LogP contribution in [0.4, 0.5) is 0 Å². The minimum absolute atomic E-state index is 0.0185. The van der Waals surface area contributed by atoms with Crippen LogP contribution in [-0.2, 0) is 9.47 Å². The van der Waals surface area contributed by atoms with Crippen molar-refractivity contribution in [2.45, 2.75) is 12.5 Å². The van der Waals surface area contributed by atoms with E-state index in [1.54, 1.807) is 14.2 Å². The summed E-state index contributed by atoms with van der Waals surface area (Å²) in [7, 11) is 2.33. The Balaban J connectivity index is 3.50. The number of hydrogen-bond acceptors (Lipinski definition) is 3. The maximum Gasteiger partial charge on any atom is 0.138 e. The van der Waals surface area contributed by atoms with Gasteiger partial charge in [-0.15, -0.1) is 0 Å². The molecular weight excluding hydrogens is 134 g/mol. The molecule has 0 aromatic carbocycles. The van der Waals surface area contributed by atoms with Gasteiger partial charge in [0.1, 0.15) is 14.7 Å². The van der Waals surface area contributed by atoms with E-state index in [4.69, 9.17) is 15.2 Å². The van der Waals surface area contributed by atoms with Gasteiger partial charge < -0.3 is 15.2 Å². The van der Waals surface area contributed by atoms with Gasteiger partial charge in [0.15, 0.2) is 0 Å². The number of nitrogens with two attached hydrogens (primary N) is 1. The molecule has 0 saturated carbocycles. The zero-order valence-electron chi connectivity index (χ0n) is 6.26. The van der Waals surface area contributed by atoms with Gasteiger partial charge in [-0.2, -0.15) is 0 Å². The van der Waals surface area contributed by atoms with Crippen LogP contribution in [0, 0.1) is 0 Å². The van der Waals surface area contributed by atoms with Gasteiger partial charge in [-0.05, 0) is 6.17 Å². The topological polar surface area (TPSA) is 44.5 Å². The molecule has 56 valence electrons. The van der Waals surface area contributed by atoms with Gasteiger partial charge in [0, 0.05) is 14.2 Å². The summed E-state index contributed by atoms with van der Waals surface area (Å²) in [5.74, 6) is -0.0185. The first kappa shape index (κ1) is 9.10. The molecule has 0 amide bonds. The van der Waals surface area contributed by atoms with Gasteiger partial charge in [0.2, 0.25) is 0 Å². The van der Waals surface area contributed by atoms with E-state index in [0.29, 0.717) is 0 Å². The molecule has 0 aliphatic rings. The lowest BCUT2D eigenvalue weighted by atomic mass is 11.3. The maximum atomic E-state index is 5.43. The van der Waals surface area contributed by atoms with Gasteiger partial charge in [0.25, 0.3) is 0 Å². The molecule has 0 spiro atoms. The van der Waals surface area contributed by atoms with Crippen molar-refractivity contribution < 1.29 is 9.47 Å². The minimum Gasteiger partial charge on any atom is -0.360 e.